The quantitative estimate of drug-likeness (QED) is 0.179. The molecule has 0 saturated heterocycles. The van der Waals surface area contributed by atoms with Crippen LogP contribution in [0.2, 0.25) is 0 Å². The minimum Gasteiger partial charge on any atom is -0.456 e. The number of furan rings is 1. The molecule has 0 aliphatic rings. The van der Waals surface area contributed by atoms with E-state index >= 15 is 0 Å². The van der Waals surface area contributed by atoms with Crippen LogP contribution in [0.3, 0.4) is 0 Å². The number of aromatic nitrogens is 4. The number of hydrogen-bond acceptors (Lipinski definition) is 6. The normalized spacial score (nSPS) is 11.7. The standard InChI is InChI=1S/C48H28N4O2/c1-3-12-29(13-4-1)33-24-25-35-38(27-33)44-40(49-48(54-44)31-15-5-2-6-16-31)28-39(35)47-51-45(34-23-22-30-14-7-8-17-32(30)26-34)50-46(52-47)37-19-11-21-42-43(37)36-18-9-10-20-41(36)53-42/h1-28H. The molecule has 0 saturated carbocycles. The van der Waals surface area contributed by atoms with Crippen molar-refractivity contribution >= 4 is 54.6 Å². The molecule has 6 heteroatoms. The molecule has 0 radical (unpaired) electrons. The van der Waals surface area contributed by atoms with Crippen molar-refractivity contribution < 1.29 is 8.83 Å². The van der Waals surface area contributed by atoms with Gasteiger partial charge in [-0.15, -0.1) is 0 Å². The van der Waals surface area contributed by atoms with Crippen molar-refractivity contribution in [1.82, 2.24) is 19.9 Å². The second kappa shape index (κ2) is 12.1. The molecule has 54 heavy (non-hydrogen) atoms. The molecule has 11 rings (SSSR count). The maximum absolute atomic E-state index is 6.58. The highest BCUT2D eigenvalue weighted by Crippen LogP contribution is 2.40. The molecule has 0 aliphatic heterocycles. The van der Waals surface area contributed by atoms with E-state index in [0.717, 1.165) is 82.4 Å². The van der Waals surface area contributed by atoms with Crippen LogP contribution in [0.5, 0.6) is 0 Å². The number of rotatable bonds is 5. The molecule has 0 spiro atoms. The van der Waals surface area contributed by atoms with Crippen LogP contribution in [0, 0.1) is 0 Å². The molecule has 0 atom stereocenters. The number of nitrogens with zero attached hydrogens (tertiary/aromatic N) is 4. The number of benzene rings is 8. The molecule has 8 aromatic carbocycles. The van der Waals surface area contributed by atoms with Gasteiger partial charge in [-0.3, -0.25) is 0 Å². The Balaban J connectivity index is 1.21. The van der Waals surface area contributed by atoms with Crippen molar-refractivity contribution in [2.24, 2.45) is 0 Å². The lowest BCUT2D eigenvalue weighted by atomic mass is 9.97. The molecule has 0 bridgehead atoms. The average molecular weight is 693 g/mol. The summed E-state index contributed by atoms with van der Waals surface area (Å²) in [7, 11) is 0. The monoisotopic (exact) mass is 692 g/mol. The predicted octanol–water partition coefficient (Wildman–Crippen LogP) is 12.6. The summed E-state index contributed by atoms with van der Waals surface area (Å²) in [5.74, 6) is 2.22. The maximum atomic E-state index is 6.58. The summed E-state index contributed by atoms with van der Waals surface area (Å²) in [5, 5.41) is 6.11. The molecular weight excluding hydrogens is 665 g/mol. The Morgan fingerprint density at radius 1 is 0.352 bits per heavy atom. The maximum Gasteiger partial charge on any atom is 0.227 e. The lowest BCUT2D eigenvalue weighted by molar-refractivity contribution is 0.623. The van der Waals surface area contributed by atoms with E-state index < -0.39 is 0 Å². The van der Waals surface area contributed by atoms with Gasteiger partial charge in [0.15, 0.2) is 23.1 Å². The Morgan fingerprint density at radius 3 is 1.89 bits per heavy atom. The van der Waals surface area contributed by atoms with Gasteiger partial charge in [-0.25, -0.2) is 19.9 Å². The Kier molecular flexibility index (Phi) is 6.75. The zero-order valence-electron chi connectivity index (χ0n) is 28.8. The van der Waals surface area contributed by atoms with Crippen LogP contribution in [-0.4, -0.2) is 19.9 Å². The fraction of sp³-hybridized carbons (Fsp3) is 0. The van der Waals surface area contributed by atoms with E-state index in [4.69, 9.17) is 28.8 Å². The van der Waals surface area contributed by atoms with Crippen LogP contribution >= 0.6 is 0 Å². The third kappa shape index (κ3) is 4.96. The van der Waals surface area contributed by atoms with Crippen LogP contribution in [-0.2, 0) is 0 Å². The molecule has 0 aliphatic carbocycles. The summed E-state index contributed by atoms with van der Waals surface area (Å²) in [6.07, 6.45) is 0. The fourth-order valence-corrected chi connectivity index (χ4v) is 7.54. The molecule has 0 fully saturated rings. The van der Waals surface area contributed by atoms with Gasteiger partial charge in [-0.1, -0.05) is 127 Å². The first-order valence-electron chi connectivity index (χ1n) is 17.9. The molecule has 0 amide bonds. The van der Waals surface area contributed by atoms with E-state index in [-0.39, 0.29) is 0 Å². The summed E-state index contributed by atoms with van der Waals surface area (Å²) < 4.78 is 12.9. The molecule has 0 N–H and O–H groups in total. The van der Waals surface area contributed by atoms with E-state index in [9.17, 15) is 0 Å². The van der Waals surface area contributed by atoms with Crippen molar-refractivity contribution in [2.75, 3.05) is 0 Å². The molecule has 3 heterocycles. The van der Waals surface area contributed by atoms with Gasteiger partial charge in [0.1, 0.15) is 16.7 Å². The van der Waals surface area contributed by atoms with Gasteiger partial charge in [-0.2, -0.15) is 0 Å². The fourth-order valence-electron chi connectivity index (χ4n) is 7.54. The Hall–Kier alpha value is -7.44. The summed E-state index contributed by atoms with van der Waals surface area (Å²) in [6.45, 7) is 0. The molecule has 0 unspecified atom stereocenters. The van der Waals surface area contributed by atoms with Crippen molar-refractivity contribution in [2.45, 2.75) is 0 Å². The van der Waals surface area contributed by atoms with Crippen LogP contribution in [0.4, 0.5) is 0 Å². The first kappa shape index (κ1) is 30.2. The highest BCUT2D eigenvalue weighted by Gasteiger charge is 2.22. The molecule has 11 aromatic rings. The topological polar surface area (TPSA) is 77.8 Å². The average Bonchev–Trinajstić information content (AvgIpc) is 3.86. The molecule has 3 aromatic heterocycles. The van der Waals surface area contributed by atoms with Crippen molar-refractivity contribution in [3.63, 3.8) is 0 Å². The van der Waals surface area contributed by atoms with E-state index in [1.54, 1.807) is 0 Å². The van der Waals surface area contributed by atoms with Gasteiger partial charge in [0.05, 0.1) is 0 Å². The summed E-state index contributed by atoms with van der Waals surface area (Å²) in [6, 6.07) is 57.7. The summed E-state index contributed by atoms with van der Waals surface area (Å²) in [4.78, 5) is 20.7. The minimum absolute atomic E-state index is 0.539. The van der Waals surface area contributed by atoms with E-state index in [1.165, 1.54) is 0 Å². The van der Waals surface area contributed by atoms with E-state index in [0.29, 0.717) is 28.9 Å². The van der Waals surface area contributed by atoms with Crippen LogP contribution in [0.15, 0.2) is 179 Å². The van der Waals surface area contributed by atoms with Crippen LogP contribution < -0.4 is 0 Å². The number of hydrogen-bond donors (Lipinski definition) is 0. The molecule has 252 valence electrons. The number of para-hydroxylation sites is 1. The minimum atomic E-state index is 0.539. The second-order valence-electron chi connectivity index (χ2n) is 13.4. The van der Waals surface area contributed by atoms with Crippen molar-refractivity contribution in [3.8, 4) is 56.7 Å². The van der Waals surface area contributed by atoms with E-state index in [1.807, 2.05) is 78.9 Å². The Labute approximate surface area is 309 Å². The first-order valence-corrected chi connectivity index (χ1v) is 17.9. The van der Waals surface area contributed by atoms with Crippen LogP contribution in [0.25, 0.3) is 111 Å². The number of fused-ring (bicyclic) bond motifs is 7. The van der Waals surface area contributed by atoms with Gasteiger partial charge in [0.25, 0.3) is 0 Å². The third-order valence-electron chi connectivity index (χ3n) is 10.1. The van der Waals surface area contributed by atoms with Crippen molar-refractivity contribution in [1.29, 1.82) is 0 Å². The smallest absolute Gasteiger partial charge is 0.227 e. The zero-order chi connectivity index (χ0) is 35.6. The Bertz CT molecular complexity index is 3220. The van der Waals surface area contributed by atoms with Gasteiger partial charge >= 0.3 is 0 Å². The van der Waals surface area contributed by atoms with E-state index in [2.05, 4.69) is 91.0 Å². The molecule has 6 nitrogen and oxygen atoms in total. The van der Waals surface area contributed by atoms with Crippen molar-refractivity contribution in [3.05, 3.63) is 170 Å². The first-order chi connectivity index (χ1) is 26.7. The van der Waals surface area contributed by atoms with Gasteiger partial charge in [0.2, 0.25) is 5.89 Å². The molecular formula is C48H28N4O2. The number of oxazole rings is 1. The lowest BCUT2D eigenvalue weighted by Crippen LogP contribution is -2.01. The summed E-state index contributed by atoms with van der Waals surface area (Å²) >= 11 is 0. The van der Waals surface area contributed by atoms with Gasteiger partial charge in [-0.05, 0) is 69.8 Å². The van der Waals surface area contributed by atoms with Gasteiger partial charge < -0.3 is 8.83 Å². The van der Waals surface area contributed by atoms with Gasteiger partial charge in [0, 0.05) is 38.4 Å². The SMILES string of the molecule is c1ccc(-c2ccc3c(-c4nc(-c5ccc6ccccc6c5)nc(-c5cccc6oc7ccccc7c56)n4)cc4nc(-c5ccccc5)oc4c3c2)cc1. The third-order valence-corrected chi connectivity index (χ3v) is 10.1. The highest BCUT2D eigenvalue weighted by molar-refractivity contribution is 6.13. The Morgan fingerprint density at radius 2 is 1.04 bits per heavy atom. The summed E-state index contributed by atoms with van der Waals surface area (Å²) in [5.41, 5.74) is 8.72. The largest absolute Gasteiger partial charge is 0.456 e. The predicted molar refractivity (Wildman–Crippen MR) is 217 cm³/mol. The highest BCUT2D eigenvalue weighted by atomic mass is 16.3. The lowest BCUT2D eigenvalue weighted by Gasteiger charge is -2.12. The zero-order valence-corrected chi connectivity index (χ0v) is 28.8. The van der Waals surface area contributed by atoms with Crippen LogP contribution in [0.1, 0.15) is 0 Å². The second-order valence-corrected chi connectivity index (χ2v) is 13.4.